The van der Waals surface area contributed by atoms with Gasteiger partial charge in [0.2, 0.25) is 0 Å². The summed E-state index contributed by atoms with van der Waals surface area (Å²) in [5.41, 5.74) is 0.622. The fourth-order valence-corrected chi connectivity index (χ4v) is 3.69. The summed E-state index contributed by atoms with van der Waals surface area (Å²) in [7, 11) is 0. The molecule has 0 saturated heterocycles. The van der Waals surface area contributed by atoms with Gasteiger partial charge in [-0.2, -0.15) is 13.2 Å². The molecule has 0 amide bonds. The third kappa shape index (κ3) is 6.74. The number of aromatic nitrogens is 2. The van der Waals surface area contributed by atoms with Crippen LogP contribution in [0.1, 0.15) is 37.3 Å². The lowest BCUT2D eigenvalue weighted by Crippen LogP contribution is -2.08. The Hall–Kier alpha value is -3.00. The third-order valence-electron chi connectivity index (χ3n) is 5.20. The first-order chi connectivity index (χ1) is 15.6. The fourth-order valence-electron chi connectivity index (χ4n) is 3.50. The summed E-state index contributed by atoms with van der Waals surface area (Å²) < 4.78 is 46.3. The molecule has 9 heteroatoms. The summed E-state index contributed by atoms with van der Waals surface area (Å²) in [6.45, 7) is 2.65. The number of hydrogen-bond donors (Lipinski definition) is 1. The van der Waals surface area contributed by atoms with E-state index in [0.717, 1.165) is 24.1 Å². The first-order valence-corrected chi connectivity index (χ1v) is 10.8. The number of nitrogens with zero attached hydrogens (tertiary/aromatic N) is 2. The molecule has 1 aromatic heterocycles. The third-order valence-corrected chi connectivity index (χ3v) is 5.50. The highest BCUT2D eigenvalue weighted by Crippen LogP contribution is 2.32. The van der Waals surface area contributed by atoms with Crippen molar-refractivity contribution in [1.82, 2.24) is 9.55 Å². The molecule has 0 spiro atoms. The number of carboxylic acids is 1. The van der Waals surface area contributed by atoms with Gasteiger partial charge in [-0.15, -0.1) is 0 Å². The molecule has 2 aromatic carbocycles. The van der Waals surface area contributed by atoms with Gasteiger partial charge < -0.3 is 14.4 Å². The van der Waals surface area contributed by atoms with E-state index in [9.17, 15) is 18.0 Å². The molecule has 0 fully saturated rings. The van der Waals surface area contributed by atoms with Crippen molar-refractivity contribution in [3.63, 3.8) is 0 Å². The first kappa shape index (κ1) is 24.6. The molecule has 0 aliphatic rings. The van der Waals surface area contributed by atoms with Crippen molar-refractivity contribution in [2.24, 2.45) is 5.92 Å². The molecular formula is C24H24ClF3N2O3. The van der Waals surface area contributed by atoms with Crippen LogP contribution in [0.4, 0.5) is 13.2 Å². The molecule has 0 saturated carbocycles. The summed E-state index contributed by atoms with van der Waals surface area (Å²) in [6.07, 6.45) is -1.37. The molecule has 0 aliphatic carbocycles. The van der Waals surface area contributed by atoms with Gasteiger partial charge >= 0.3 is 12.1 Å². The highest BCUT2D eigenvalue weighted by molar-refractivity contribution is 6.29. The maximum atomic E-state index is 12.9. The van der Waals surface area contributed by atoms with E-state index in [4.69, 9.17) is 21.4 Å². The molecule has 0 aliphatic heterocycles. The van der Waals surface area contributed by atoms with E-state index in [1.54, 1.807) is 4.57 Å². The Balaban J connectivity index is 1.72. The molecule has 33 heavy (non-hydrogen) atoms. The van der Waals surface area contributed by atoms with Crippen LogP contribution >= 0.6 is 11.6 Å². The largest absolute Gasteiger partial charge is 0.493 e. The van der Waals surface area contributed by atoms with Crippen LogP contribution in [0.3, 0.4) is 0 Å². The van der Waals surface area contributed by atoms with E-state index in [1.807, 2.05) is 31.2 Å². The van der Waals surface area contributed by atoms with Crippen LogP contribution < -0.4 is 4.74 Å². The second-order valence-electron chi connectivity index (χ2n) is 7.87. The zero-order chi connectivity index (χ0) is 24.0. The number of hydrogen-bond acceptors (Lipinski definition) is 3. The van der Waals surface area contributed by atoms with Crippen LogP contribution in [-0.2, 0) is 17.5 Å². The average molecular weight is 481 g/mol. The van der Waals surface area contributed by atoms with Crippen LogP contribution in [0.25, 0.3) is 11.4 Å². The highest BCUT2D eigenvalue weighted by Gasteiger charge is 2.30. The molecule has 0 bridgehead atoms. The van der Waals surface area contributed by atoms with Crippen LogP contribution in [0, 0.1) is 5.92 Å². The maximum absolute atomic E-state index is 12.9. The number of halogens is 4. The van der Waals surface area contributed by atoms with E-state index < -0.39 is 17.7 Å². The van der Waals surface area contributed by atoms with Crippen molar-refractivity contribution in [1.29, 1.82) is 0 Å². The van der Waals surface area contributed by atoms with E-state index in [2.05, 4.69) is 4.98 Å². The van der Waals surface area contributed by atoms with Crippen LogP contribution in [0.15, 0.2) is 54.7 Å². The zero-order valence-corrected chi connectivity index (χ0v) is 18.7. The van der Waals surface area contributed by atoms with Crippen molar-refractivity contribution < 1.29 is 27.8 Å². The Morgan fingerprint density at radius 1 is 1.18 bits per heavy atom. The zero-order valence-electron chi connectivity index (χ0n) is 18.0. The molecule has 1 N–H and O–H groups in total. The SMILES string of the molecule is CC(CCCOc1ccccc1Cn1c(Cl)cnc1-c1ccc(C(F)(F)F)cc1)CC(=O)O. The fraction of sp³-hybridized carbons (Fsp3) is 0.333. The summed E-state index contributed by atoms with van der Waals surface area (Å²) in [4.78, 5) is 15.1. The van der Waals surface area contributed by atoms with Crippen molar-refractivity contribution in [3.05, 3.63) is 71.0 Å². The molecule has 1 atom stereocenters. The van der Waals surface area contributed by atoms with Gasteiger partial charge in [0, 0.05) is 17.5 Å². The van der Waals surface area contributed by atoms with Gasteiger partial charge in [-0.3, -0.25) is 4.79 Å². The molecule has 1 heterocycles. The van der Waals surface area contributed by atoms with Gasteiger partial charge in [0.15, 0.2) is 0 Å². The Labute approximate surface area is 194 Å². The number of aliphatic carboxylic acids is 1. The lowest BCUT2D eigenvalue weighted by molar-refractivity contribution is -0.138. The molecular weight excluding hydrogens is 457 g/mol. The predicted molar refractivity (Wildman–Crippen MR) is 119 cm³/mol. The van der Waals surface area contributed by atoms with Crippen molar-refractivity contribution in [3.8, 4) is 17.1 Å². The minimum absolute atomic E-state index is 0.0670. The van der Waals surface area contributed by atoms with Crippen molar-refractivity contribution in [2.75, 3.05) is 6.61 Å². The number of ether oxygens (including phenoxy) is 1. The summed E-state index contributed by atoms with van der Waals surface area (Å²) >= 11 is 6.34. The van der Waals surface area contributed by atoms with Gasteiger partial charge in [0.25, 0.3) is 0 Å². The number of carbonyl (C=O) groups is 1. The quantitative estimate of drug-likeness (QED) is 0.334. The molecule has 0 radical (unpaired) electrons. The second kappa shape index (κ2) is 10.7. The van der Waals surface area contributed by atoms with E-state index in [1.165, 1.54) is 18.3 Å². The Bertz CT molecular complexity index is 1080. The Morgan fingerprint density at radius 2 is 1.88 bits per heavy atom. The second-order valence-corrected chi connectivity index (χ2v) is 8.25. The smallest absolute Gasteiger partial charge is 0.416 e. The van der Waals surface area contributed by atoms with Crippen molar-refractivity contribution in [2.45, 2.75) is 38.9 Å². The Kier molecular flexibility index (Phi) is 8.02. The lowest BCUT2D eigenvalue weighted by Gasteiger charge is -2.15. The number of benzene rings is 2. The van der Waals surface area contributed by atoms with Crippen molar-refractivity contribution >= 4 is 17.6 Å². The number of carboxylic acid groups (broad SMARTS) is 1. The van der Waals surface area contributed by atoms with Gasteiger partial charge in [0.1, 0.15) is 16.7 Å². The van der Waals surface area contributed by atoms with Gasteiger partial charge in [-0.25, -0.2) is 4.98 Å². The number of imidazole rings is 1. The number of rotatable bonds is 10. The normalized spacial score (nSPS) is 12.5. The molecule has 1 unspecified atom stereocenters. The summed E-state index contributed by atoms with van der Waals surface area (Å²) in [5, 5.41) is 9.20. The standard InChI is InChI=1S/C24H24ClF3N2O3/c1-16(13-22(31)32)5-4-12-33-20-7-3-2-6-18(20)15-30-21(25)14-29-23(30)17-8-10-19(11-9-17)24(26,27)28/h2-3,6-11,14,16H,4-5,12-13,15H2,1H3,(H,31,32). The Morgan fingerprint density at radius 3 is 2.55 bits per heavy atom. The lowest BCUT2D eigenvalue weighted by atomic mass is 10.0. The summed E-state index contributed by atoms with van der Waals surface area (Å²) in [6, 6.07) is 12.2. The highest BCUT2D eigenvalue weighted by atomic mass is 35.5. The van der Waals surface area contributed by atoms with Crippen LogP contribution in [0.2, 0.25) is 5.15 Å². The molecule has 3 rings (SSSR count). The van der Waals surface area contributed by atoms with E-state index in [-0.39, 0.29) is 12.3 Å². The minimum Gasteiger partial charge on any atom is -0.493 e. The summed E-state index contributed by atoms with van der Waals surface area (Å²) in [5.74, 6) is 0.366. The van der Waals surface area contributed by atoms with E-state index in [0.29, 0.717) is 41.9 Å². The molecule has 176 valence electrons. The number of para-hydroxylation sites is 1. The van der Waals surface area contributed by atoms with Gasteiger partial charge in [0.05, 0.1) is 24.9 Å². The number of alkyl halides is 3. The monoisotopic (exact) mass is 480 g/mol. The van der Waals surface area contributed by atoms with Crippen LogP contribution in [0.5, 0.6) is 5.75 Å². The molecule has 3 aromatic rings. The minimum atomic E-state index is -4.41. The topological polar surface area (TPSA) is 64.4 Å². The van der Waals surface area contributed by atoms with Gasteiger partial charge in [-0.1, -0.05) is 48.9 Å². The molecule has 5 nitrogen and oxygen atoms in total. The average Bonchev–Trinajstić information content (AvgIpc) is 3.11. The first-order valence-electron chi connectivity index (χ1n) is 10.5. The van der Waals surface area contributed by atoms with Crippen LogP contribution in [-0.4, -0.2) is 27.2 Å². The maximum Gasteiger partial charge on any atom is 0.416 e. The van der Waals surface area contributed by atoms with E-state index >= 15 is 0 Å². The van der Waals surface area contributed by atoms with Gasteiger partial charge in [-0.05, 0) is 37.0 Å². The predicted octanol–water partition coefficient (Wildman–Crippen LogP) is 6.54.